The van der Waals surface area contributed by atoms with Crippen LogP contribution < -0.4 is 15.2 Å². The summed E-state index contributed by atoms with van der Waals surface area (Å²) in [7, 11) is 0. The van der Waals surface area contributed by atoms with E-state index in [9.17, 15) is 4.79 Å². The molecule has 1 aliphatic rings. The van der Waals surface area contributed by atoms with Crippen LogP contribution in [0.5, 0.6) is 11.5 Å². The van der Waals surface area contributed by atoms with Crippen molar-refractivity contribution in [1.29, 1.82) is 0 Å². The second-order valence-electron chi connectivity index (χ2n) is 5.54. The van der Waals surface area contributed by atoms with E-state index < -0.39 is 5.97 Å². The monoisotopic (exact) mass is 330 g/mol. The average Bonchev–Trinajstić information content (AvgIpc) is 3.06. The van der Waals surface area contributed by atoms with Gasteiger partial charge in [-0.1, -0.05) is 0 Å². The summed E-state index contributed by atoms with van der Waals surface area (Å²) in [5.74, 6) is 0.943. The molecule has 0 atom stereocenters. The summed E-state index contributed by atoms with van der Waals surface area (Å²) in [5, 5.41) is 1.63. The van der Waals surface area contributed by atoms with Gasteiger partial charge in [-0.25, -0.2) is 9.78 Å². The summed E-state index contributed by atoms with van der Waals surface area (Å²) < 4.78 is 16.0. The van der Waals surface area contributed by atoms with Gasteiger partial charge in [-0.2, -0.15) is 0 Å². The zero-order valence-corrected chi connectivity index (χ0v) is 13.4. The molecule has 0 saturated heterocycles. The normalized spacial score (nSPS) is 13.2. The van der Waals surface area contributed by atoms with Crippen molar-refractivity contribution in [2.24, 2.45) is 0 Å². The molecule has 0 aliphatic carbocycles. The SMILES string of the molecule is CC(C)OC(=O)c1sc2nc3cc4c(cc3cc2c1N)OCO4. The van der Waals surface area contributed by atoms with Crippen molar-refractivity contribution in [3.8, 4) is 11.5 Å². The van der Waals surface area contributed by atoms with E-state index in [-0.39, 0.29) is 12.9 Å². The lowest BCUT2D eigenvalue weighted by atomic mass is 10.1. The second-order valence-corrected chi connectivity index (χ2v) is 6.54. The predicted molar refractivity (Wildman–Crippen MR) is 88.2 cm³/mol. The smallest absolute Gasteiger partial charge is 0.350 e. The van der Waals surface area contributed by atoms with Gasteiger partial charge in [-0.05, 0) is 26.0 Å². The highest BCUT2D eigenvalue weighted by atomic mass is 32.1. The Kier molecular flexibility index (Phi) is 3.05. The number of aromatic nitrogens is 1. The Bertz CT molecular complexity index is 948. The van der Waals surface area contributed by atoms with Crippen molar-refractivity contribution < 1.29 is 19.0 Å². The Morgan fingerprint density at radius 2 is 2.04 bits per heavy atom. The fourth-order valence-electron chi connectivity index (χ4n) is 2.51. The Hall–Kier alpha value is -2.54. The first kappa shape index (κ1) is 14.1. The van der Waals surface area contributed by atoms with Crippen molar-refractivity contribution in [1.82, 2.24) is 4.98 Å². The van der Waals surface area contributed by atoms with Crippen LogP contribution in [-0.2, 0) is 4.74 Å². The molecule has 0 fully saturated rings. The van der Waals surface area contributed by atoms with Gasteiger partial charge in [-0.3, -0.25) is 0 Å². The van der Waals surface area contributed by atoms with Crippen LogP contribution in [-0.4, -0.2) is 23.9 Å². The van der Waals surface area contributed by atoms with Crippen molar-refractivity contribution in [3.63, 3.8) is 0 Å². The van der Waals surface area contributed by atoms with Gasteiger partial charge < -0.3 is 19.9 Å². The molecule has 2 aromatic heterocycles. The van der Waals surface area contributed by atoms with Gasteiger partial charge in [0.2, 0.25) is 6.79 Å². The molecule has 3 heterocycles. The third kappa shape index (κ3) is 2.24. The molecule has 4 rings (SSSR count). The van der Waals surface area contributed by atoms with Crippen LogP contribution in [0.15, 0.2) is 18.2 Å². The van der Waals surface area contributed by atoms with E-state index in [0.29, 0.717) is 26.9 Å². The highest BCUT2D eigenvalue weighted by Gasteiger charge is 2.21. The van der Waals surface area contributed by atoms with Crippen molar-refractivity contribution >= 4 is 44.1 Å². The van der Waals surface area contributed by atoms with E-state index in [4.69, 9.17) is 19.9 Å². The van der Waals surface area contributed by atoms with Gasteiger partial charge in [0.1, 0.15) is 9.71 Å². The van der Waals surface area contributed by atoms with Crippen LogP contribution in [0.2, 0.25) is 0 Å². The van der Waals surface area contributed by atoms with E-state index in [1.54, 1.807) is 13.8 Å². The number of nitrogens with two attached hydrogens (primary N) is 1. The number of carbonyl (C=O) groups is 1. The van der Waals surface area contributed by atoms with Crippen LogP contribution >= 0.6 is 11.3 Å². The van der Waals surface area contributed by atoms with Gasteiger partial charge >= 0.3 is 5.97 Å². The first-order valence-electron chi connectivity index (χ1n) is 7.16. The number of rotatable bonds is 2. The van der Waals surface area contributed by atoms with Gasteiger partial charge in [0.05, 0.1) is 17.3 Å². The van der Waals surface area contributed by atoms with Crippen LogP contribution in [0.1, 0.15) is 23.5 Å². The Labute approximate surface area is 135 Å². The predicted octanol–water partition coefficient (Wildman–Crippen LogP) is 3.33. The van der Waals surface area contributed by atoms with E-state index in [1.165, 1.54) is 11.3 Å². The molecule has 7 heteroatoms. The fourth-order valence-corrected chi connectivity index (χ4v) is 3.48. The molecule has 0 saturated carbocycles. The molecule has 0 amide bonds. The van der Waals surface area contributed by atoms with Gasteiger partial charge in [0.15, 0.2) is 11.5 Å². The molecule has 1 aliphatic heterocycles. The topological polar surface area (TPSA) is 83.7 Å². The number of fused-ring (bicyclic) bond motifs is 3. The summed E-state index contributed by atoms with van der Waals surface area (Å²) in [4.78, 5) is 17.8. The molecular formula is C16H14N2O4S. The minimum Gasteiger partial charge on any atom is -0.459 e. The summed E-state index contributed by atoms with van der Waals surface area (Å²) in [6.07, 6.45) is -0.198. The Morgan fingerprint density at radius 1 is 1.30 bits per heavy atom. The number of benzene rings is 1. The van der Waals surface area contributed by atoms with Gasteiger partial charge in [0, 0.05) is 16.8 Å². The zero-order valence-electron chi connectivity index (χ0n) is 12.6. The summed E-state index contributed by atoms with van der Waals surface area (Å²) in [6, 6.07) is 5.62. The first-order valence-corrected chi connectivity index (χ1v) is 7.98. The summed E-state index contributed by atoms with van der Waals surface area (Å²) in [6.45, 7) is 3.82. The molecule has 1 aromatic carbocycles. The third-order valence-corrected chi connectivity index (χ3v) is 4.63. The lowest BCUT2D eigenvalue weighted by Gasteiger charge is -2.06. The molecule has 2 N–H and O–H groups in total. The number of hydrogen-bond donors (Lipinski definition) is 1. The molecule has 0 radical (unpaired) electrons. The highest BCUT2D eigenvalue weighted by molar-refractivity contribution is 7.21. The maximum Gasteiger partial charge on any atom is 0.350 e. The number of esters is 1. The maximum absolute atomic E-state index is 12.1. The van der Waals surface area contributed by atoms with Crippen molar-refractivity contribution in [2.45, 2.75) is 20.0 Å². The quantitative estimate of drug-likeness (QED) is 0.726. The van der Waals surface area contributed by atoms with Gasteiger partial charge in [-0.15, -0.1) is 11.3 Å². The highest BCUT2D eigenvalue weighted by Crippen LogP contribution is 2.39. The van der Waals surface area contributed by atoms with E-state index in [2.05, 4.69) is 4.98 Å². The summed E-state index contributed by atoms with van der Waals surface area (Å²) in [5.41, 5.74) is 7.31. The standard InChI is InChI=1S/C16H14N2O4S/c1-7(2)22-16(19)14-13(17)9-3-8-4-11-12(21-6-20-11)5-10(8)18-15(9)23-14/h3-5,7H,6,17H2,1-2H3. The molecule has 3 aromatic rings. The van der Waals surface area contributed by atoms with E-state index in [1.807, 2.05) is 18.2 Å². The average molecular weight is 330 g/mol. The number of ether oxygens (including phenoxy) is 3. The Balaban J connectivity index is 1.89. The van der Waals surface area contributed by atoms with E-state index >= 15 is 0 Å². The molecule has 6 nitrogen and oxygen atoms in total. The van der Waals surface area contributed by atoms with Crippen LogP contribution in [0.3, 0.4) is 0 Å². The maximum atomic E-state index is 12.1. The van der Waals surface area contributed by atoms with Crippen LogP contribution in [0.4, 0.5) is 5.69 Å². The number of pyridine rings is 1. The lowest BCUT2D eigenvalue weighted by Crippen LogP contribution is -2.11. The number of nitrogens with zero attached hydrogens (tertiary/aromatic N) is 1. The number of anilines is 1. The number of hydrogen-bond acceptors (Lipinski definition) is 7. The molecular weight excluding hydrogens is 316 g/mol. The molecule has 23 heavy (non-hydrogen) atoms. The molecule has 0 bridgehead atoms. The lowest BCUT2D eigenvalue weighted by molar-refractivity contribution is 0.0385. The van der Waals surface area contributed by atoms with Crippen LogP contribution in [0.25, 0.3) is 21.1 Å². The molecule has 0 spiro atoms. The van der Waals surface area contributed by atoms with Gasteiger partial charge in [0.25, 0.3) is 0 Å². The zero-order chi connectivity index (χ0) is 16.1. The number of thiophene rings is 1. The van der Waals surface area contributed by atoms with Crippen LogP contribution in [0, 0.1) is 0 Å². The van der Waals surface area contributed by atoms with Crippen molar-refractivity contribution in [3.05, 3.63) is 23.1 Å². The third-order valence-electron chi connectivity index (χ3n) is 3.54. The molecule has 118 valence electrons. The van der Waals surface area contributed by atoms with Crippen molar-refractivity contribution in [2.75, 3.05) is 12.5 Å². The minimum atomic E-state index is -0.418. The largest absolute Gasteiger partial charge is 0.459 e. The fraction of sp³-hybridized carbons (Fsp3) is 0.250. The van der Waals surface area contributed by atoms with E-state index in [0.717, 1.165) is 16.3 Å². The summed E-state index contributed by atoms with van der Waals surface area (Å²) >= 11 is 1.24. The molecule has 0 unspecified atom stereocenters. The first-order chi connectivity index (χ1) is 11.0. The second kappa shape index (κ2) is 4.99. The number of nitrogen functional groups attached to an aromatic ring is 1. The minimum absolute atomic E-state index is 0.198. The Morgan fingerprint density at radius 3 is 2.78 bits per heavy atom. The number of carbonyl (C=O) groups excluding carboxylic acids is 1.